The molecule has 0 spiro atoms. The highest BCUT2D eigenvalue weighted by Crippen LogP contribution is 2.10. The van der Waals surface area contributed by atoms with Gasteiger partial charge in [0.15, 0.2) is 0 Å². The molecule has 0 aliphatic heterocycles. The van der Waals surface area contributed by atoms with Crippen molar-refractivity contribution in [2.24, 2.45) is 10.2 Å². The Hall–Kier alpha value is -1.72. The fourth-order valence-electron chi connectivity index (χ4n) is 2.84. The quantitative estimate of drug-likeness (QED) is 0.195. The van der Waals surface area contributed by atoms with Gasteiger partial charge in [-0.25, -0.2) is 10.9 Å². The first kappa shape index (κ1) is 26.3. The van der Waals surface area contributed by atoms with E-state index in [0.717, 1.165) is 75.6 Å². The van der Waals surface area contributed by atoms with Crippen LogP contribution in [0, 0.1) is 0 Å². The first-order valence-electron chi connectivity index (χ1n) is 11.3. The van der Waals surface area contributed by atoms with Crippen molar-refractivity contribution in [3.05, 3.63) is 0 Å². The lowest BCUT2D eigenvalue weighted by atomic mass is 10.1. The van der Waals surface area contributed by atoms with Gasteiger partial charge in [0.25, 0.3) is 0 Å². The number of hydrazone groups is 2. The van der Waals surface area contributed by atoms with Gasteiger partial charge < -0.3 is 0 Å². The van der Waals surface area contributed by atoms with Gasteiger partial charge in [-0.15, -0.1) is 0 Å². The monoisotopic (exact) mass is 394 g/mol. The highest BCUT2D eigenvalue weighted by Gasteiger charge is 2.02. The Kier molecular flexibility index (Phi) is 17.5. The Labute approximate surface area is 172 Å². The smallest absolute Gasteiger partial charge is 0.240 e. The first-order chi connectivity index (χ1) is 13.6. The van der Waals surface area contributed by atoms with Gasteiger partial charge >= 0.3 is 0 Å². The first-order valence-corrected chi connectivity index (χ1v) is 11.3. The summed E-state index contributed by atoms with van der Waals surface area (Å²) >= 11 is 0. The number of amides is 2. The van der Waals surface area contributed by atoms with Crippen LogP contribution >= 0.6 is 0 Å². The normalized spacial score (nSPS) is 10.3. The molecule has 0 aromatic carbocycles. The van der Waals surface area contributed by atoms with Gasteiger partial charge in [-0.3, -0.25) is 9.59 Å². The van der Waals surface area contributed by atoms with Crippen molar-refractivity contribution in [2.45, 2.75) is 118 Å². The molecule has 0 aliphatic carbocycles. The number of hydrogen-bond acceptors (Lipinski definition) is 4. The summed E-state index contributed by atoms with van der Waals surface area (Å²) in [5.41, 5.74) is 7.36. The number of nitrogens with zero attached hydrogens (tertiary/aromatic N) is 2. The molecule has 0 aromatic rings. The Morgan fingerprint density at radius 2 is 0.821 bits per heavy atom. The van der Waals surface area contributed by atoms with Crippen LogP contribution in [0.15, 0.2) is 10.2 Å². The fraction of sp³-hybridized carbons (Fsp3) is 0.818. The predicted octanol–water partition coefficient (Wildman–Crippen LogP) is 5.47. The van der Waals surface area contributed by atoms with Crippen molar-refractivity contribution in [1.82, 2.24) is 10.9 Å². The molecular weight excluding hydrogens is 352 g/mol. The van der Waals surface area contributed by atoms with Crippen LogP contribution in [-0.4, -0.2) is 23.2 Å². The van der Waals surface area contributed by atoms with E-state index in [0.29, 0.717) is 12.8 Å². The number of unbranched alkanes of at least 4 members (excludes halogenated alkanes) is 7. The van der Waals surface area contributed by atoms with Gasteiger partial charge in [0.05, 0.1) is 0 Å². The van der Waals surface area contributed by atoms with Crippen LogP contribution in [0.4, 0.5) is 0 Å². The Morgan fingerprint density at radius 1 is 0.536 bits per heavy atom. The maximum atomic E-state index is 11.7. The van der Waals surface area contributed by atoms with Crippen LogP contribution in [0.1, 0.15) is 118 Å². The second-order valence-corrected chi connectivity index (χ2v) is 7.17. The zero-order valence-electron chi connectivity index (χ0n) is 18.6. The molecule has 0 bridgehead atoms. The molecule has 0 unspecified atom stereocenters. The van der Waals surface area contributed by atoms with Crippen LogP contribution < -0.4 is 10.9 Å². The molecular formula is C22H42N4O2. The summed E-state index contributed by atoms with van der Waals surface area (Å²) < 4.78 is 0. The molecule has 6 heteroatoms. The number of carbonyl (C=O) groups excluding carboxylic acids is 2. The van der Waals surface area contributed by atoms with Crippen molar-refractivity contribution in [3.8, 4) is 0 Å². The molecule has 2 amide bonds. The molecule has 0 fully saturated rings. The molecule has 0 heterocycles. The van der Waals surface area contributed by atoms with Gasteiger partial charge in [-0.2, -0.15) is 10.2 Å². The SMILES string of the molecule is CCC(CC)=NNC(=O)CCCCCCCCCCC(=O)NN=C(CC)CC. The minimum Gasteiger partial charge on any atom is -0.273 e. The molecule has 0 aromatic heterocycles. The molecule has 162 valence electrons. The average molecular weight is 395 g/mol. The van der Waals surface area contributed by atoms with Gasteiger partial charge in [0.2, 0.25) is 11.8 Å². The minimum absolute atomic E-state index is 0.0204. The third-order valence-corrected chi connectivity index (χ3v) is 4.87. The lowest BCUT2D eigenvalue weighted by Crippen LogP contribution is -2.18. The third kappa shape index (κ3) is 15.3. The van der Waals surface area contributed by atoms with Gasteiger partial charge in [-0.1, -0.05) is 66.2 Å². The van der Waals surface area contributed by atoms with Crippen molar-refractivity contribution >= 4 is 23.2 Å². The third-order valence-electron chi connectivity index (χ3n) is 4.87. The number of hydrogen-bond donors (Lipinski definition) is 2. The van der Waals surface area contributed by atoms with E-state index in [-0.39, 0.29) is 11.8 Å². The second-order valence-electron chi connectivity index (χ2n) is 7.17. The Morgan fingerprint density at radius 3 is 1.11 bits per heavy atom. The van der Waals surface area contributed by atoms with E-state index in [1.54, 1.807) is 0 Å². The van der Waals surface area contributed by atoms with E-state index in [2.05, 4.69) is 21.1 Å². The minimum atomic E-state index is 0.0204. The highest BCUT2D eigenvalue weighted by atomic mass is 16.2. The molecule has 0 rings (SSSR count). The van der Waals surface area contributed by atoms with E-state index in [1.165, 1.54) is 12.8 Å². The summed E-state index contributed by atoms with van der Waals surface area (Å²) in [6, 6.07) is 0. The van der Waals surface area contributed by atoms with Crippen LogP contribution in [0.5, 0.6) is 0 Å². The standard InChI is InChI=1S/C22H42N4O2/c1-5-19(6-2)23-25-21(27)17-15-13-11-9-10-12-14-16-18-22(28)26-24-20(7-3)8-4/h5-18H2,1-4H3,(H,25,27)(H,26,28). The van der Waals surface area contributed by atoms with Crippen molar-refractivity contribution < 1.29 is 9.59 Å². The molecule has 0 atom stereocenters. The van der Waals surface area contributed by atoms with Crippen LogP contribution in [0.25, 0.3) is 0 Å². The fourth-order valence-corrected chi connectivity index (χ4v) is 2.84. The van der Waals surface area contributed by atoms with Crippen LogP contribution in [0.2, 0.25) is 0 Å². The van der Waals surface area contributed by atoms with E-state index in [1.807, 2.05) is 27.7 Å². The number of rotatable bonds is 17. The molecule has 0 radical (unpaired) electrons. The summed E-state index contributed by atoms with van der Waals surface area (Å²) in [5, 5.41) is 8.28. The van der Waals surface area contributed by atoms with E-state index in [4.69, 9.17) is 0 Å². The lowest BCUT2D eigenvalue weighted by Gasteiger charge is -2.04. The average Bonchev–Trinajstić information content (AvgIpc) is 2.70. The summed E-state index contributed by atoms with van der Waals surface area (Å²) in [7, 11) is 0. The van der Waals surface area contributed by atoms with Crippen LogP contribution in [0.3, 0.4) is 0 Å². The Bertz CT molecular complexity index is 431. The van der Waals surface area contributed by atoms with Crippen molar-refractivity contribution in [1.29, 1.82) is 0 Å². The molecule has 6 nitrogen and oxygen atoms in total. The predicted molar refractivity (Wildman–Crippen MR) is 118 cm³/mol. The molecule has 2 N–H and O–H groups in total. The lowest BCUT2D eigenvalue weighted by molar-refractivity contribution is -0.122. The van der Waals surface area contributed by atoms with Gasteiger partial charge in [-0.05, 0) is 38.5 Å². The summed E-state index contributed by atoms with van der Waals surface area (Å²) in [6.07, 6.45) is 13.4. The van der Waals surface area contributed by atoms with E-state index >= 15 is 0 Å². The van der Waals surface area contributed by atoms with Crippen molar-refractivity contribution in [3.63, 3.8) is 0 Å². The molecule has 0 saturated carbocycles. The van der Waals surface area contributed by atoms with Gasteiger partial charge in [0, 0.05) is 24.3 Å². The highest BCUT2D eigenvalue weighted by molar-refractivity contribution is 5.86. The maximum absolute atomic E-state index is 11.7. The Balaban J connectivity index is 3.51. The maximum Gasteiger partial charge on any atom is 0.240 e. The summed E-state index contributed by atoms with van der Waals surface area (Å²) in [4.78, 5) is 23.4. The molecule has 28 heavy (non-hydrogen) atoms. The second kappa shape index (κ2) is 18.6. The molecule has 0 saturated heterocycles. The number of nitrogens with one attached hydrogen (secondary N) is 2. The zero-order valence-corrected chi connectivity index (χ0v) is 18.6. The van der Waals surface area contributed by atoms with Crippen LogP contribution in [-0.2, 0) is 9.59 Å². The number of carbonyl (C=O) groups is 2. The zero-order chi connectivity index (χ0) is 21.0. The van der Waals surface area contributed by atoms with E-state index < -0.39 is 0 Å². The summed E-state index contributed by atoms with van der Waals surface area (Å²) in [6.45, 7) is 8.20. The summed E-state index contributed by atoms with van der Waals surface area (Å²) in [5.74, 6) is 0.0408. The largest absolute Gasteiger partial charge is 0.273 e. The van der Waals surface area contributed by atoms with E-state index in [9.17, 15) is 9.59 Å². The molecule has 0 aliphatic rings. The topological polar surface area (TPSA) is 82.9 Å². The van der Waals surface area contributed by atoms with Gasteiger partial charge in [0.1, 0.15) is 0 Å². The van der Waals surface area contributed by atoms with Crippen molar-refractivity contribution in [2.75, 3.05) is 0 Å².